The Labute approximate surface area is 89.9 Å². The van der Waals surface area contributed by atoms with Crippen LogP contribution in [-0.2, 0) is 0 Å². The van der Waals surface area contributed by atoms with Crippen molar-refractivity contribution in [2.75, 3.05) is 5.73 Å². The van der Waals surface area contributed by atoms with Crippen molar-refractivity contribution < 1.29 is 9.84 Å². The lowest BCUT2D eigenvalue weighted by molar-refractivity contribution is 0.197. The van der Waals surface area contributed by atoms with Gasteiger partial charge in [-0.05, 0) is 44.2 Å². The molecule has 0 saturated heterocycles. The zero-order valence-corrected chi connectivity index (χ0v) is 9.16. The van der Waals surface area contributed by atoms with Crippen LogP contribution in [0.3, 0.4) is 0 Å². The van der Waals surface area contributed by atoms with Gasteiger partial charge in [-0.1, -0.05) is 0 Å². The van der Waals surface area contributed by atoms with E-state index in [1.165, 1.54) is 12.8 Å². The first kappa shape index (κ1) is 10.1. The number of aromatic hydroxyl groups is 1. The molecule has 0 unspecified atom stereocenters. The van der Waals surface area contributed by atoms with E-state index in [1.807, 2.05) is 13.0 Å². The Kier molecular flexibility index (Phi) is 2.47. The average molecular weight is 207 g/mol. The monoisotopic (exact) mass is 207 g/mol. The number of phenolic OH excluding ortho intramolecular Hbond substituents is 1. The van der Waals surface area contributed by atoms with Gasteiger partial charge in [0.15, 0.2) is 0 Å². The van der Waals surface area contributed by atoms with Gasteiger partial charge >= 0.3 is 0 Å². The van der Waals surface area contributed by atoms with Crippen molar-refractivity contribution in [3.63, 3.8) is 0 Å². The molecule has 0 radical (unpaired) electrons. The Morgan fingerprint density at radius 3 is 2.67 bits per heavy atom. The van der Waals surface area contributed by atoms with E-state index in [0.717, 1.165) is 5.56 Å². The molecule has 0 aromatic heterocycles. The summed E-state index contributed by atoms with van der Waals surface area (Å²) >= 11 is 0. The average Bonchev–Trinajstić information content (AvgIpc) is 2.96. The minimum absolute atomic E-state index is 0.105. The standard InChI is InChI=1S/C12H17NO2/c1-7-5-10(6-11(14)12(7)13)15-8(2)9-3-4-9/h5-6,8-9,14H,3-4,13H2,1-2H3/t8-/m0/s1. The highest BCUT2D eigenvalue weighted by atomic mass is 16.5. The van der Waals surface area contributed by atoms with Crippen LogP contribution >= 0.6 is 0 Å². The van der Waals surface area contributed by atoms with Crippen LogP contribution < -0.4 is 10.5 Å². The lowest BCUT2D eigenvalue weighted by Gasteiger charge is -2.15. The topological polar surface area (TPSA) is 55.5 Å². The molecular formula is C12H17NO2. The maximum absolute atomic E-state index is 9.54. The van der Waals surface area contributed by atoms with E-state index in [9.17, 15) is 5.11 Å². The summed E-state index contributed by atoms with van der Waals surface area (Å²) in [5.74, 6) is 1.50. The van der Waals surface area contributed by atoms with E-state index in [2.05, 4.69) is 6.92 Å². The third-order valence-corrected chi connectivity index (χ3v) is 2.95. The molecule has 0 aliphatic heterocycles. The van der Waals surface area contributed by atoms with Crippen LogP contribution in [-0.4, -0.2) is 11.2 Å². The number of anilines is 1. The minimum Gasteiger partial charge on any atom is -0.506 e. The van der Waals surface area contributed by atoms with Gasteiger partial charge in [0.05, 0.1) is 11.8 Å². The predicted octanol–water partition coefficient (Wildman–Crippen LogP) is 2.46. The molecule has 82 valence electrons. The van der Waals surface area contributed by atoms with Crippen molar-refractivity contribution in [1.29, 1.82) is 0 Å². The first-order valence-corrected chi connectivity index (χ1v) is 5.33. The van der Waals surface area contributed by atoms with Crippen LogP contribution in [0, 0.1) is 12.8 Å². The lowest BCUT2D eigenvalue weighted by atomic mass is 10.1. The molecule has 1 aromatic rings. The highest BCUT2D eigenvalue weighted by molar-refractivity contribution is 5.60. The molecule has 0 spiro atoms. The summed E-state index contributed by atoms with van der Waals surface area (Å²) in [5, 5.41) is 9.54. The second-order valence-electron chi connectivity index (χ2n) is 4.33. The molecule has 0 amide bonds. The minimum atomic E-state index is 0.105. The third kappa shape index (κ3) is 2.17. The fourth-order valence-corrected chi connectivity index (χ4v) is 1.69. The van der Waals surface area contributed by atoms with Crippen LogP contribution in [0.25, 0.3) is 0 Å². The summed E-state index contributed by atoms with van der Waals surface area (Å²) in [5.41, 5.74) is 6.93. The number of rotatable bonds is 3. The van der Waals surface area contributed by atoms with Gasteiger partial charge in [-0.3, -0.25) is 0 Å². The van der Waals surface area contributed by atoms with Crippen LogP contribution in [0.15, 0.2) is 12.1 Å². The predicted molar refractivity (Wildman–Crippen MR) is 60.1 cm³/mol. The number of benzene rings is 1. The third-order valence-electron chi connectivity index (χ3n) is 2.95. The molecule has 1 aliphatic carbocycles. The van der Waals surface area contributed by atoms with E-state index in [4.69, 9.17) is 10.5 Å². The molecule has 1 fully saturated rings. The van der Waals surface area contributed by atoms with Gasteiger partial charge in [0.2, 0.25) is 0 Å². The van der Waals surface area contributed by atoms with E-state index >= 15 is 0 Å². The highest BCUT2D eigenvalue weighted by Gasteiger charge is 2.29. The first-order valence-electron chi connectivity index (χ1n) is 5.33. The van der Waals surface area contributed by atoms with E-state index in [0.29, 0.717) is 17.4 Å². The number of nitrogens with two attached hydrogens (primary N) is 1. The van der Waals surface area contributed by atoms with Crippen molar-refractivity contribution in [2.24, 2.45) is 5.92 Å². The number of ether oxygens (including phenoxy) is 1. The first-order chi connectivity index (χ1) is 7.08. The molecule has 1 saturated carbocycles. The number of nitrogen functional groups attached to an aromatic ring is 1. The number of hydrogen-bond donors (Lipinski definition) is 2. The summed E-state index contributed by atoms with van der Waals surface area (Å²) in [4.78, 5) is 0. The molecule has 1 aliphatic rings. The Morgan fingerprint density at radius 1 is 1.47 bits per heavy atom. The van der Waals surface area contributed by atoms with Gasteiger partial charge in [-0.2, -0.15) is 0 Å². The highest BCUT2D eigenvalue weighted by Crippen LogP contribution is 2.36. The summed E-state index contributed by atoms with van der Waals surface area (Å²) in [6.45, 7) is 3.93. The summed E-state index contributed by atoms with van der Waals surface area (Å²) in [6, 6.07) is 3.45. The van der Waals surface area contributed by atoms with E-state index in [-0.39, 0.29) is 11.9 Å². The number of phenols is 1. The lowest BCUT2D eigenvalue weighted by Crippen LogP contribution is -2.14. The molecule has 0 heterocycles. The fourth-order valence-electron chi connectivity index (χ4n) is 1.69. The van der Waals surface area contributed by atoms with Crippen LogP contribution in [0.2, 0.25) is 0 Å². The molecule has 15 heavy (non-hydrogen) atoms. The van der Waals surface area contributed by atoms with Crippen LogP contribution in [0.4, 0.5) is 5.69 Å². The Balaban J connectivity index is 2.14. The van der Waals surface area contributed by atoms with Crippen molar-refractivity contribution in [1.82, 2.24) is 0 Å². The zero-order chi connectivity index (χ0) is 11.0. The van der Waals surface area contributed by atoms with Crippen LogP contribution in [0.1, 0.15) is 25.3 Å². The van der Waals surface area contributed by atoms with Crippen molar-refractivity contribution in [2.45, 2.75) is 32.8 Å². The van der Waals surface area contributed by atoms with E-state index in [1.54, 1.807) is 6.07 Å². The zero-order valence-electron chi connectivity index (χ0n) is 9.16. The van der Waals surface area contributed by atoms with Gasteiger partial charge in [0.1, 0.15) is 11.5 Å². The van der Waals surface area contributed by atoms with E-state index < -0.39 is 0 Å². The van der Waals surface area contributed by atoms with Crippen molar-refractivity contribution in [3.8, 4) is 11.5 Å². The van der Waals surface area contributed by atoms with Crippen molar-refractivity contribution >= 4 is 5.69 Å². The normalized spacial score (nSPS) is 17.5. The SMILES string of the molecule is Cc1cc(O[C@@H](C)C2CC2)cc(O)c1N. The quantitative estimate of drug-likeness (QED) is 0.591. The van der Waals surface area contributed by atoms with Crippen LogP contribution in [0.5, 0.6) is 11.5 Å². The van der Waals surface area contributed by atoms with Gasteiger partial charge in [0.25, 0.3) is 0 Å². The molecule has 1 atom stereocenters. The number of hydrogen-bond acceptors (Lipinski definition) is 3. The molecule has 3 heteroatoms. The maximum Gasteiger partial charge on any atom is 0.142 e. The molecule has 2 rings (SSSR count). The largest absolute Gasteiger partial charge is 0.506 e. The van der Waals surface area contributed by atoms with Crippen molar-refractivity contribution in [3.05, 3.63) is 17.7 Å². The summed E-state index contributed by atoms with van der Waals surface area (Å²) < 4.78 is 5.74. The Bertz CT molecular complexity index is 349. The maximum atomic E-state index is 9.54. The van der Waals surface area contributed by atoms with Gasteiger partial charge in [-0.15, -0.1) is 0 Å². The molecule has 0 bridgehead atoms. The van der Waals surface area contributed by atoms with Gasteiger partial charge < -0.3 is 15.6 Å². The molecule has 3 nitrogen and oxygen atoms in total. The summed E-state index contributed by atoms with van der Waals surface area (Å²) in [6.07, 6.45) is 2.73. The second kappa shape index (κ2) is 3.65. The fraction of sp³-hybridized carbons (Fsp3) is 0.500. The second-order valence-corrected chi connectivity index (χ2v) is 4.33. The smallest absolute Gasteiger partial charge is 0.142 e. The number of aryl methyl sites for hydroxylation is 1. The Hall–Kier alpha value is -1.38. The molecular weight excluding hydrogens is 190 g/mol. The molecule has 1 aromatic carbocycles. The van der Waals surface area contributed by atoms with Gasteiger partial charge in [0, 0.05) is 6.07 Å². The summed E-state index contributed by atoms with van der Waals surface area (Å²) in [7, 11) is 0. The van der Waals surface area contributed by atoms with Gasteiger partial charge in [-0.25, -0.2) is 0 Å². The Morgan fingerprint density at radius 2 is 2.13 bits per heavy atom. The molecule has 3 N–H and O–H groups in total.